The topological polar surface area (TPSA) is 121 Å². The summed E-state index contributed by atoms with van der Waals surface area (Å²) >= 11 is 0. The van der Waals surface area contributed by atoms with E-state index in [9.17, 15) is 0 Å². The third-order valence-electron chi connectivity index (χ3n) is 4.17. The van der Waals surface area contributed by atoms with E-state index in [4.69, 9.17) is 30.6 Å². The average molecular weight is 385 g/mol. The molecule has 26 heavy (non-hydrogen) atoms. The van der Waals surface area contributed by atoms with Crippen molar-refractivity contribution in [2.75, 3.05) is 13.2 Å². The molecule has 2 aromatic carbocycles. The van der Waals surface area contributed by atoms with Gasteiger partial charge in [0, 0.05) is 0 Å². The average Bonchev–Trinajstić information content (AvgIpc) is 2.67. The zero-order chi connectivity index (χ0) is 18.4. The number of hydrogen-bond donors (Lipinski definition) is 6. The van der Waals surface area contributed by atoms with Gasteiger partial charge in [0.05, 0.1) is 13.2 Å². The number of aliphatic hydroxyl groups excluding tert-OH is 6. The molecule has 1 aliphatic carbocycles. The van der Waals surface area contributed by atoms with Gasteiger partial charge < -0.3 is 30.6 Å². The molecular weight excluding hydrogens is 360 g/mol. The van der Waals surface area contributed by atoms with Crippen LogP contribution in [0.1, 0.15) is 11.1 Å². The van der Waals surface area contributed by atoms with Gasteiger partial charge in [0.15, 0.2) is 0 Å². The lowest BCUT2D eigenvalue weighted by molar-refractivity contribution is -0.123. The van der Waals surface area contributed by atoms with E-state index in [1.165, 1.54) is 21.9 Å². The molecule has 3 rings (SSSR count). The number of benzene rings is 2. The summed E-state index contributed by atoms with van der Waals surface area (Å²) in [6, 6.07) is 13.0. The molecule has 0 aromatic heterocycles. The summed E-state index contributed by atoms with van der Waals surface area (Å²) < 4.78 is 0. The molecule has 0 spiro atoms. The first-order chi connectivity index (χ1) is 12.0. The number of rotatable bonds is 5. The van der Waals surface area contributed by atoms with E-state index in [0.717, 1.165) is 6.42 Å². The molecule has 2 aromatic rings. The van der Waals surface area contributed by atoms with Crippen molar-refractivity contribution < 1.29 is 30.6 Å². The van der Waals surface area contributed by atoms with Crippen molar-refractivity contribution in [2.45, 2.75) is 30.8 Å². The van der Waals surface area contributed by atoms with E-state index in [1.807, 2.05) is 0 Å². The Morgan fingerprint density at radius 1 is 0.808 bits per heavy atom. The Labute approximate surface area is 158 Å². The Hall–Kier alpha value is -1.51. The predicted molar refractivity (Wildman–Crippen MR) is 102 cm³/mol. The third kappa shape index (κ3) is 5.25. The van der Waals surface area contributed by atoms with E-state index in [2.05, 4.69) is 48.6 Å². The second-order valence-corrected chi connectivity index (χ2v) is 5.95. The molecule has 6 N–H and O–H groups in total. The standard InChI is InChI=1S/C13H10.C6H14O6.ClH/c1-4-10-6-2-8-12-9-3-7-11(5-1)13(10)12;7-1-3(9)5(11)6(12)4(10)2-8;/h1-8H,9H2;3-12H,1-2H2;1H. The van der Waals surface area contributed by atoms with Crippen molar-refractivity contribution in [1.29, 1.82) is 0 Å². The van der Waals surface area contributed by atoms with Gasteiger partial charge in [-0.3, -0.25) is 0 Å². The van der Waals surface area contributed by atoms with Crippen LogP contribution < -0.4 is 0 Å². The zero-order valence-corrected chi connectivity index (χ0v) is 15.0. The van der Waals surface area contributed by atoms with E-state index >= 15 is 0 Å². The van der Waals surface area contributed by atoms with Crippen molar-refractivity contribution in [2.24, 2.45) is 0 Å². The quantitative estimate of drug-likeness (QED) is 0.439. The van der Waals surface area contributed by atoms with Gasteiger partial charge in [-0.1, -0.05) is 48.6 Å². The van der Waals surface area contributed by atoms with Crippen LogP contribution in [0, 0.1) is 0 Å². The molecule has 0 aliphatic heterocycles. The van der Waals surface area contributed by atoms with Gasteiger partial charge in [0.2, 0.25) is 0 Å². The fraction of sp³-hybridized carbons (Fsp3) is 0.368. The zero-order valence-electron chi connectivity index (χ0n) is 14.1. The van der Waals surface area contributed by atoms with Crippen molar-refractivity contribution >= 4 is 29.3 Å². The highest BCUT2D eigenvalue weighted by molar-refractivity contribution is 5.94. The van der Waals surface area contributed by atoms with Crippen LogP contribution in [0.25, 0.3) is 16.8 Å². The van der Waals surface area contributed by atoms with Crippen LogP contribution in [0.15, 0.2) is 42.5 Å². The lowest BCUT2D eigenvalue weighted by atomic mass is 9.93. The Kier molecular flexibility index (Phi) is 9.18. The molecule has 4 atom stereocenters. The van der Waals surface area contributed by atoms with Crippen LogP contribution in [0.5, 0.6) is 0 Å². The van der Waals surface area contributed by atoms with Crippen molar-refractivity contribution in [3.8, 4) is 0 Å². The van der Waals surface area contributed by atoms with Crippen LogP contribution in [0.2, 0.25) is 0 Å². The monoisotopic (exact) mass is 384 g/mol. The van der Waals surface area contributed by atoms with Crippen LogP contribution in [0.3, 0.4) is 0 Å². The molecule has 0 heterocycles. The van der Waals surface area contributed by atoms with Crippen LogP contribution in [-0.4, -0.2) is 68.3 Å². The molecule has 144 valence electrons. The lowest BCUT2D eigenvalue weighted by Gasteiger charge is -2.24. The molecule has 7 heteroatoms. The van der Waals surface area contributed by atoms with Gasteiger partial charge >= 0.3 is 0 Å². The van der Waals surface area contributed by atoms with Crippen molar-refractivity contribution in [3.05, 3.63) is 53.6 Å². The fourth-order valence-corrected chi connectivity index (χ4v) is 2.74. The van der Waals surface area contributed by atoms with E-state index in [1.54, 1.807) is 0 Å². The lowest BCUT2D eigenvalue weighted by Crippen LogP contribution is -2.46. The first-order valence-electron chi connectivity index (χ1n) is 8.10. The van der Waals surface area contributed by atoms with Crippen LogP contribution >= 0.6 is 12.4 Å². The molecule has 0 amide bonds. The maximum Gasteiger partial charge on any atom is 0.111 e. The molecule has 0 saturated heterocycles. The number of hydrogen-bond acceptors (Lipinski definition) is 6. The van der Waals surface area contributed by atoms with Gasteiger partial charge in [0.25, 0.3) is 0 Å². The maximum absolute atomic E-state index is 8.96. The van der Waals surface area contributed by atoms with Gasteiger partial charge in [0.1, 0.15) is 24.4 Å². The fourth-order valence-electron chi connectivity index (χ4n) is 2.74. The molecule has 0 saturated carbocycles. The SMILES string of the molecule is C1=Cc2cccc3cccc(c23)C1.Cl.OCC(O)C(O)C(O)C(O)CO. The minimum atomic E-state index is -1.67. The highest BCUT2D eigenvalue weighted by Gasteiger charge is 2.29. The maximum atomic E-state index is 8.96. The highest BCUT2D eigenvalue weighted by atomic mass is 35.5. The summed E-state index contributed by atoms with van der Waals surface area (Å²) in [6.45, 7) is -1.45. The summed E-state index contributed by atoms with van der Waals surface area (Å²) in [6.07, 6.45) is -0.863. The third-order valence-corrected chi connectivity index (χ3v) is 4.17. The molecule has 0 radical (unpaired) electrons. The van der Waals surface area contributed by atoms with Crippen LogP contribution in [-0.2, 0) is 6.42 Å². The van der Waals surface area contributed by atoms with E-state index in [0.29, 0.717) is 0 Å². The predicted octanol–water partition coefficient (Wildman–Crippen LogP) is 0.245. The summed E-state index contributed by atoms with van der Waals surface area (Å²) in [5.41, 5.74) is 2.81. The van der Waals surface area contributed by atoms with Crippen molar-refractivity contribution in [1.82, 2.24) is 0 Å². The molecule has 4 unspecified atom stereocenters. The first-order valence-corrected chi connectivity index (χ1v) is 8.10. The van der Waals surface area contributed by atoms with Gasteiger partial charge in [-0.05, 0) is 28.3 Å². The molecule has 6 nitrogen and oxygen atoms in total. The number of halogens is 1. The number of allylic oxidation sites excluding steroid dienone is 1. The minimum absolute atomic E-state index is 0. The summed E-state index contributed by atoms with van der Waals surface area (Å²) in [4.78, 5) is 0. The normalized spacial score (nSPS) is 16.7. The van der Waals surface area contributed by atoms with E-state index < -0.39 is 37.6 Å². The Balaban J connectivity index is 0.000000252. The van der Waals surface area contributed by atoms with E-state index in [-0.39, 0.29) is 12.4 Å². The minimum Gasteiger partial charge on any atom is -0.394 e. The molecule has 0 bridgehead atoms. The van der Waals surface area contributed by atoms with Gasteiger partial charge in [-0.25, -0.2) is 0 Å². The number of aliphatic hydroxyl groups is 6. The van der Waals surface area contributed by atoms with Gasteiger partial charge in [-0.15, -0.1) is 12.4 Å². The summed E-state index contributed by atoms with van der Waals surface area (Å²) in [5, 5.41) is 55.0. The highest BCUT2D eigenvalue weighted by Crippen LogP contribution is 2.27. The molecule has 1 aliphatic rings. The van der Waals surface area contributed by atoms with Gasteiger partial charge in [-0.2, -0.15) is 0 Å². The second-order valence-electron chi connectivity index (χ2n) is 5.95. The summed E-state index contributed by atoms with van der Waals surface area (Å²) in [7, 11) is 0. The van der Waals surface area contributed by atoms with Crippen molar-refractivity contribution in [3.63, 3.8) is 0 Å². The smallest absolute Gasteiger partial charge is 0.111 e. The first kappa shape index (κ1) is 22.5. The van der Waals surface area contributed by atoms with Crippen LogP contribution in [0.4, 0.5) is 0 Å². The molecular formula is C19H25ClO6. The molecule has 0 fully saturated rings. The largest absolute Gasteiger partial charge is 0.394 e. The Morgan fingerprint density at radius 3 is 1.88 bits per heavy atom. The second kappa shape index (κ2) is 10.6. The Bertz CT molecular complexity index is 701. The summed E-state index contributed by atoms with van der Waals surface area (Å²) in [5.74, 6) is 0. The Morgan fingerprint density at radius 2 is 1.35 bits per heavy atom.